The molecule has 0 N–H and O–H groups in total. The Kier molecular flexibility index (Phi) is 3.76. The first-order valence-corrected chi connectivity index (χ1v) is 8.54. The summed E-state index contributed by atoms with van der Waals surface area (Å²) in [6.45, 7) is 3.17. The number of carbonyl (C=O) groups excluding carboxylic acids is 1. The summed E-state index contributed by atoms with van der Waals surface area (Å²) in [4.78, 5) is 27.7. The lowest BCUT2D eigenvalue weighted by atomic mass is 10.0. The van der Waals surface area contributed by atoms with Crippen LogP contribution >= 0.6 is 15.9 Å². The molecule has 6 heteroatoms. The van der Waals surface area contributed by atoms with E-state index in [4.69, 9.17) is 0 Å². The fraction of sp³-hybridized carbons (Fsp3) is 0.222. The van der Waals surface area contributed by atoms with Gasteiger partial charge in [0.2, 0.25) is 0 Å². The van der Waals surface area contributed by atoms with Gasteiger partial charge in [-0.25, -0.2) is 9.97 Å². The third kappa shape index (κ3) is 2.78. The molecule has 3 aromatic heterocycles. The second-order valence-corrected chi connectivity index (χ2v) is 6.94. The Hall–Kier alpha value is -2.34. The van der Waals surface area contributed by atoms with Gasteiger partial charge in [0.1, 0.15) is 0 Å². The SMILES string of the molecule is Cc1cncc(C(=O)N2CCc3nc4ncc(Br)cc4cc3C2)c1. The molecule has 0 aliphatic carbocycles. The van der Waals surface area contributed by atoms with Crippen LogP contribution in [-0.4, -0.2) is 32.3 Å². The molecule has 0 unspecified atom stereocenters. The molecule has 3 aromatic rings. The van der Waals surface area contributed by atoms with Crippen LogP contribution < -0.4 is 0 Å². The van der Waals surface area contributed by atoms with Crippen molar-refractivity contribution in [2.45, 2.75) is 19.9 Å². The lowest BCUT2D eigenvalue weighted by Crippen LogP contribution is -2.36. The molecule has 4 heterocycles. The van der Waals surface area contributed by atoms with E-state index in [-0.39, 0.29) is 5.91 Å². The molecule has 0 saturated heterocycles. The van der Waals surface area contributed by atoms with Gasteiger partial charge in [0.05, 0.1) is 5.56 Å². The standard InChI is InChI=1S/C18H15BrN4O/c1-11-4-13(8-20-7-11)18(24)23-3-2-16-14(10-23)5-12-6-15(19)9-21-17(12)22-16/h4-9H,2-3,10H2,1H3. The summed E-state index contributed by atoms with van der Waals surface area (Å²) >= 11 is 3.44. The minimum absolute atomic E-state index is 0.0179. The number of aryl methyl sites for hydroxylation is 1. The maximum atomic E-state index is 12.7. The van der Waals surface area contributed by atoms with Crippen LogP contribution in [0.3, 0.4) is 0 Å². The highest BCUT2D eigenvalue weighted by atomic mass is 79.9. The minimum Gasteiger partial charge on any atom is -0.334 e. The molecular formula is C18H15BrN4O. The maximum Gasteiger partial charge on any atom is 0.255 e. The lowest BCUT2D eigenvalue weighted by molar-refractivity contribution is 0.0733. The van der Waals surface area contributed by atoms with Crippen LogP contribution in [0.2, 0.25) is 0 Å². The van der Waals surface area contributed by atoms with Crippen molar-refractivity contribution in [1.82, 2.24) is 19.9 Å². The van der Waals surface area contributed by atoms with E-state index in [1.165, 1.54) is 0 Å². The first kappa shape index (κ1) is 15.2. The second kappa shape index (κ2) is 5.94. The monoisotopic (exact) mass is 382 g/mol. The van der Waals surface area contributed by atoms with Gasteiger partial charge in [0.25, 0.3) is 5.91 Å². The van der Waals surface area contributed by atoms with Crippen molar-refractivity contribution in [3.63, 3.8) is 0 Å². The molecule has 0 aromatic carbocycles. The van der Waals surface area contributed by atoms with E-state index in [0.29, 0.717) is 18.7 Å². The average Bonchev–Trinajstić information content (AvgIpc) is 2.59. The van der Waals surface area contributed by atoms with Crippen LogP contribution in [0.15, 0.2) is 41.3 Å². The molecule has 0 bridgehead atoms. The smallest absolute Gasteiger partial charge is 0.255 e. The number of amides is 1. The molecule has 0 spiro atoms. The van der Waals surface area contributed by atoms with Crippen molar-refractivity contribution in [2.24, 2.45) is 0 Å². The number of carbonyl (C=O) groups is 1. The van der Waals surface area contributed by atoms with Crippen LogP contribution in [0.4, 0.5) is 0 Å². The summed E-state index contributed by atoms with van der Waals surface area (Å²) in [5.41, 5.74) is 4.49. The van der Waals surface area contributed by atoms with Gasteiger partial charge in [0.15, 0.2) is 5.65 Å². The normalized spacial score (nSPS) is 13.8. The predicted molar refractivity (Wildman–Crippen MR) is 94.7 cm³/mol. The molecule has 0 fully saturated rings. The molecule has 1 aliphatic heterocycles. The summed E-state index contributed by atoms with van der Waals surface area (Å²) in [5.74, 6) is 0.0179. The van der Waals surface area contributed by atoms with Crippen molar-refractivity contribution >= 4 is 32.9 Å². The molecule has 120 valence electrons. The van der Waals surface area contributed by atoms with E-state index in [1.807, 2.05) is 24.0 Å². The van der Waals surface area contributed by atoms with E-state index in [1.54, 1.807) is 18.6 Å². The first-order chi connectivity index (χ1) is 11.6. The van der Waals surface area contributed by atoms with Crippen LogP contribution in [0.1, 0.15) is 27.2 Å². The Morgan fingerprint density at radius 2 is 2.08 bits per heavy atom. The molecule has 1 aliphatic rings. The number of aromatic nitrogens is 3. The van der Waals surface area contributed by atoms with Crippen molar-refractivity contribution in [2.75, 3.05) is 6.54 Å². The summed E-state index contributed by atoms with van der Waals surface area (Å²) in [6.07, 6.45) is 5.88. The van der Waals surface area contributed by atoms with Crippen LogP contribution in [0.5, 0.6) is 0 Å². The highest BCUT2D eigenvalue weighted by Crippen LogP contribution is 2.24. The fourth-order valence-corrected chi connectivity index (χ4v) is 3.37. The third-order valence-electron chi connectivity index (χ3n) is 4.19. The zero-order chi connectivity index (χ0) is 16.7. The maximum absolute atomic E-state index is 12.7. The number of nitrogens with zero attached hydrogens (tertiary/aromatic N) is 4. The Labute approximate surface area is 147 Å². The molecular weight excluding hydrogens is 368 g/mol. The average molecular weight is 383 g/mol. The molecule has 0 saturated carbocycles. The van der Waals surface area contributed by atoms with Gasteiger partial charge >= 0.3 is 0 Å². The molecule has 24 heavy (non-hydrogen) atoms. The van der Waals surface area contributed by atoms with Crippen molar-refractivity contribution in [3.05, 3.63) is 63.6 Å². The fourth-order valence-electron chi connectivity index (χ4n) is 3.02. The number of halogens is 1. The van der Waals surface area contributed by atoms with E-state index < -0.39 is 0 Å². The van der Waals surface area contributed by atoms with E-state index in [2.05, 4.69) is 36.9 Å². The van der Waals surface area contributed by atoms with Crippen LogP contribution in [0.25, 0.3) is 11.0 Å². The second-order valence-electron chi connectivity index (χ2n) is 6.02. The van der Waals surface area contributed by atoms with Crippen LogP contribution in [0, 0.1) is 6.92 Å². The number of hydrogen-bond donors (Lipinski definition) is 0. The van der Waals surface area contributed by atoms with Gasteiger partial charge in [0, 0.05) is 53.7 Å². The molecule has 1 amide bonds. The largest absolute Gasteiger partial charge is 0.334 e. The third-order valence-corrected chi connectivity index (χ3v) is 4.63. The number of fused-ring (bicyclic) bond motifs is 2. The molecule has 4 rings (SSSR count). The van der Waals surface area contributed by atoms with E-state index in [9.17, 15) is 4.79 Å². The summed E-state index contributed by atoms with van der Waals surface area (Å²) < 4.78 is 0.923. The van der Waals surface area contributed by atoms with Crippen molar-refractivity contribution in [3.8, 4) is 0 Å². The molecule has 5 nitrogen and oxygen atoms in total. The Bertz CT molecular complexity index is 957. The highest BCUT2D eigenvalue weighted by Gasteiger charge is 2.23. The predicted octanol–water partition coefficient (Wildman–Crippen LogP) is 3.29. The van der Waals surface area contributed by atoms with Crippen molar-refractivity contribution in [1.29, 1.82) is 0 Å². The van der Waals surface area contributed by atoms with Gasteiger partial charge in [-0.1, -0.05) is 0 Å². The van der Waals surface area contributed by atoms with Gasteiger partial charge in [-0.3, -0.25) is 9.78 Å². The number of hydrogen-bond acceptors (Lipinski definition) is 4. The molecule has 0 atom stereocenters. The highest BCUT2D eigenvalue weighted by molar-refractivity contribution is 9.10. The summed E-state index contributed by atoms with van der Waals surface area (Å²) in [6, 6.07) is 5.97. The van der Waals surface area contributed by atoms with Gasteiger partial charge in [-0.05, 0) is 52.2 Å². The number of rotatable bonds is 1. The zero-order valence-electron chi connectivity index (χ0n) is 13.2. The Morgan fingerprint density at radius 3 is 2.92 bits per heavy atom. The summed E-state index contributed by atoms with van der Waals surface area (Å²) in [5, 5.41) is 0.981. The van der Waals surface area contributed by atoms with Gasteiger partial charge < -0.3 is 4.90 Å². The van der Waals surface area contributed by atoms with Crippen molar-refractivity contribution < 1.29 is 4.79 Å². The minimum atomic E-state index is 0.0179. The Morgan fingerprint density at radius 1 is 1.21 bits per heavy atom. The van der Waals surface area contributed by atoms with Gasteiger partial charge in [-0.15, -0.1) is 0 Å². The van der Waals surface area contributed by atoms with Gasteiger partial charge in [-0.2, -0.15) is 0 Å². The van der Waals surface area contributed by atoms with E-state index in [0.717, 1.165) is 38.7 Å². The van der Waals surface area contributed by atoms with Crippen LogP contribution in [-0.2, 0) is 13.0 Å². The lowest BCUT2D eigenvalue weighted by Gasteiger charge is -2.28. The Balaban J connectivity index is 1.66. The molecule has 0 radical (unpaired) electrons. The summed E-state index contributed by atoms with van der Waals surface area (Å²) in [7, 11) is 0. The zero-order valence-corrected chi connectivity index (χ0v) is 14.7. The topological polar surface area (TPSA) is 59.0 Å². The first-order valence-electron chi connectivity index (χ1n) is 7.75. The quantitative estimate of drug-likeness (QED) is 0.647. The number of pyridine rings is 3. The van der Waals surface area contributed by atoms with E-state index >= 15 is 0 Å².